The highest BCUT2D eigenvalue weighted by Gasteiger charge is 2.16. The van der Waals surface area contributed by atoms with Crippen molar-refractivity contribution < 1.29 is 5.11 Å². The Morgan fingerprint density at radius 2 is 2.11 bits per heavy atom. The monoisotopic (exact) mass is 281 g/mol. The van der Waals surface area contributed by atoms with Gasteiger partial charge in [0.2, 0.25) is 0 Å². The van der Waals surface area contributed by atoms with Gasteiger partial charge in [-0.05, 0) is 23.5 Å². The van der Waals surface area contributed by atoms with Crippen LogP contribution in [0.2, 0.25) is 0 Å². The number of benzene rings is 1. The zero-order valence-corrected chi connectivity index (χ0v) is 11.4. The van der Waals surface area contributed by atoms with Crippen molar-refractivity contribution in [3.8, 4) is 0 Å². The van der Waals surface area contributed by atoms with Crippen LogP contribution in [0.5, 0.6) is 0 Å². The van der Waals surface area contributed by atoms with Crippen LogP contribution in [0.25, 0.3) is 0 Å². The van der Waals surface area contributed by atoms with Crippen LogP contribution in [0, 0.1) is 0 Å². The minimum Gasteiger partial charge on any atom is -0.391 e. The van der Waals surface area contributed by atoms with Crippen molar-refractivity contribution in [3.63, 3.8) is 0 Å². The minimum absolute atomic E-state index is 0.257. The summed E-state index contributed by atoms with van der Waals surface area (Å²) in [5.74, 6) is 0.545. The first-order valence-electron chi connectivity index (χ1n) is 5.63. The Labute approximate surface area is 114 Å². The molecular weight excluding hydrogens is 266 g/mol. The first-order chi connectivity index (χ1) is 8.75. The minimum atomic E-state index is -0.542. The number of aliphatic hydroxyl groups is 1. The van der Waals surface area contributed by atoms with E-state index in [0.29, 0.717) is 12.2 Å². The molecule has 2 rings (SSSR count). The quantitative estimate of drug-likeness (QED) is 0.786. The maximum atomic E-state index is 9.99. The smallest absolute Gasteiger partial charge is 0.169 e. The Balaban J connectivity index is 1.80. The van der Waals surface area contributed by atoms with E-state index in [9.17, 15) is 5.11 Å². The summed E-state index contributed by atoms with van der Waals surface area (Å²) in [6.07, 6.45) is 1.65. The van der Waals surface area contributed by atoms with E-state index in [1.165, 1.54) is 29.6 Å². The van der Waals surface area contributed by atoms with Crippen molar-refractivity contribution >= 4 is 23.3 Å². The van der Waals surface area contributed by atoms with Crippen molar-refractivity contribution in [1.29, 1.82) is 0 Å². The lowest BCUT2D eigenvalue weighted by Gasteiger charge is -2.17. The molecule has 0 aliphatic carbocycles. The zero-order chi connectivity index (χ0) is 12.8. The summed E-state index contributed by atoms with van der Waals surface area (Å²) in [7, 11) is 0. The van der Waals surface area contributed by atoms with Gasteiger partial charge in [-0.2, -0.15) is 4.37 Å². The summed E-state index contributed by atoms with van der Waals surface area (Å²) in [6, 6.07) is 9.70. The molecule has 96 valence electrons. The highest BCUT2D eigenvalue weighted by Crippen LogP contribution is 2.20. The fourth-order valence-corrected chi connectivity index (χ4v) is 3.03. The fourth-order valence-electron chi connectivity index (χ4n) is 1.53. The largest absolute Gasteiger partial charge is 0.391 e. The molecule has 0 fully saturated rings. The standard InChI is InChI=1S/C12H15N3OS2/c13-10(6-9-4-2-1-3-5-9)11(16)7-17-12-14-8-15-18-12/h1-5,8,10-11,16H,6-7,13H2. The third kappa shape index (κ3) is 4.06. The zero-order valence-electron chi connectivity index (χ0n) is 9.77. The summed E-state index contributed by atoms with van der Waals surface area (Å²) < 4.78 is 4.77. The number of aromatic nitrogens is 2. The molecule has 0 aliphatic rings. The molecule has 0 aliphatic heterocycles. The van der Waals surface area contributed by atoms with Gasteiger partial charge in [-0.25, -0.2) is 4.98 Å². The molecule has 18 heavy (non-hydrogen) atoms. The van der Waals surface area contributed by atoms with E-state index in [2.05, 4.69) is 9.36 Å². The van der Waals surface area contributed by atoms with Crippen LogP contribution in [0.1, 0.15) is 5.56 Å². The molecule has 2 unspecified atom stereocenters. The maximum Gasteiger partial charge on any atom is 0.169 e. The van der Waals surface area contributed by atoms with Gasteiger partial charge in [-0.1, -0.05) is 42.1 Å². The third-order valence-corrected chi connectivity index (χ3v) is 4.43. The molecule has 1 aromatic heterocycles. The van der Waals surface area contributed by atoms with E-state index in [1.807, 2.05) is 30.3 Å². The van der Waals surface area contributed by atoms with E-state index in [-0.39, 0.29) is 6.04 Å². The molecule has 0 saturated carbocycles. The Morgan fingerprint density at radius 3 is 2.78 bits per heavy atom. The number of nitrogens with two attached hydrogens (primary N) is 1. The molecule has 2 aromatic rings. The Kier molecular flexibility index (Phi) is 5.12. The second kappa shape index (κ2) is 6.84. The Morgan fingerprint density at radius 1 is 1.33 bits per heavy atom. The summed E-state index contributed by atoms with van der Waals surface area (Å²) in [5.41, 5.74) is 7.14. The van der Waals surface area contributed by atoms with Gasteiger partial charge in [-0.3, -0.25) is 0 Å². The van der Waals surface area contributed by atoms with Gasteiger partial charge in [0.15, 0.2) is 4.34 Å². The molecule has 3 N–H and O–H groups in total. The average Bonchev–Trinajstić information content (AvgIpc) is 2.90. The number of aliphatic hydroxyl groups excluding tert-OH is 1. The molecular formula is C12H15N3OS2. The Bertz CT molecular complexity index is 450. The van der Waals surface area contributed by atoms with Crippen molar-refractivity contribution in [1.82, 2.24) is 9.36 Å². The third-order valence-electron chi connectivity index (χ3n) is 2.53. The van der Waals surface area contributed by atoms with Crippen LogP contribution >= 0.6 is 23.3 Å². The highest BCUT2D eigenvalue weighted by atomic mass is 32.2. The van der Waals surface area contributed by atoms with Gasteiger partial charge in [0.1, 0.15) is 6.33 Å². The lowest BCUT2D eigenvalue weighted by molar-refractivity contribution is 0.167. The van der Waals surface area contributed by atoms with E-state index < -0.39 is 6.10 Å². The highest BCUT2D eigenvalue weighted by molar-refractivity contribution is 8.00. The van der Waals surface area contributed by atoms with Gasteiger partial charge in [0, 0.05) is 11.8 Å². The van der Waals surface area contributed by atoms with E-state index in [0.717, 1.165) is 9.90 Å². The van der Waals surface area contributed by atoms with Crippen LogP contribution in [0.4, 0.5) is 0 Å². The summed E-state index contributed by atoms with van der Waals surface area (Å²) in [6.45, 7) is 0. The number of hydrogen-bond acceptors (Lipinski definition) is 6. The predicted molar refractivity (Wildman–Crippen MR) is 74.8 cm³/mol. The van der Waals surface area contributed by atoms with Gasteiger partial charge in [0.25, 0.3) is 0 Å². The molecule has 0 spiro atoms. The van der Waals surface area contributed by atoms with Gasteiger partial charge in [-0.15, -0.1) is 0 Å². The second-order valence-electron chi connectivity index (χ2n) is 3.94. The predicted octanol–water partition coefficient (Wildman–Crippen LogP) is 1.56. The lowest BCUT2D eigenvalue weighted by atomic mass is 10.0. The van der Waals surface area contributed by atoms with E-state index >= 15 is 0 Å². The lowest BCUT2D eigenvalue weighted by Crippen LogP contribution is -2.38. The summed E-state index contributed by atoms with van der Waals surface area (Å²) >= 11 is 2.82. The van der Waals surface area contributed by atoms with E-state index in [4.69, 9.17) is 5.73 Å². The number of rotatable bonds is 6. The van der Waals surface area contributed by atoms with Crippen LogP contribution in [0.3, 0.4) is 0 Å². The first-order valence-corrected chi connectivity index (χ1v) is 7.38. The molecule has 2 atom stereocenters. The maximum absolute atomic E-state index is 9.99. The average molecular weight is 281 g/mol. The van der Waals surface area contributed by atoms with Crippen LogP contribution < -0.4 is 5.73 Å². The molecule has 0 bridgehead atoms. The van der Waals surface area contributed by atoms with Crippen molar-refractivity contribution in [2.75, 3.05) is 5.75 Å². The topological polar surface area (TPSA) is 72.0 Å². The molecule has 1 heterocycles. The van der Waals surface area contributed by atoms with Crippen LogP contribution in [-0.4, -0.2) is 32.4 Å². The normalized spacial score (nSPS) is 14.3. The molecule has 1 aromatic carbocycles. The van der Waals surface area contributed by atoms with Crippen LogP contribution in [0.15, 0.2) is 41.0 Å². The second-order valence-corrected chi connectivity index (χ2v) is 5.99. The molecule has 0 saturated heterocycles. The SMILES string of the molecule is NC(Cc1ccccc1)C(O)CSc1ncns1. The summed E-state index contributed by atoms with van der Waals surface area (Å²) in [5, 5.41) is 9.99. The Hall–Kier alpha value is -0.950. The molecule has 6 heteroatoms. The van der Waals surface area contributed by atoms with Gasteiger partial charge >= 0.3 is 0 Å². The number of thioether (sulfide) groups is 1. The summed E-state index contributed by atoms with van der Waals surface area (Å²) in [4.78, 5) is 4.05. The molecule has 4 nitrogen and oxygen atoms in total. The van der Waals surface area contributed by atoms with Gasteiger partial charge < -0.3 is 10.8 Å². The van der Waals surface area contributed by atoms with Crippen molar-refractivity contribution in [2.24, 2.45) is 5.73 Å². The molecule has 0 amide bonds. The van der Waals surface area contributed by atoms with Gasteiger partial charge in [0.05, 0.1) is 6.10 Å². The number of nitrogens with zero attached hydrogens (tertiary/aromatic N) is 2. The first kappa shape index (κ1) is 13.5. The van der Waals surface area contributed by atoms with Crippen molar-refractivity contribution in [3.05, 3.63) is 42.2 Å². The number of hydrogen-bond donors (Lipinski definition) is 2. The fraction of sp³-hybridized carbons (Fsp3) is 0.333. The van der Waals surface area contributed by atoms with Crippen LogP contribution in [-0.2, 0) is 6.42 Å². The van der Waals surface area contributed by atoms with Crippen molar-refractivity contribution in [2.45, 2.75) is 22.9 Å². The molecule has 0 radical (unpaired) electrons. The van der Waals surface area contributed by atoms with E-state index in [1.54, 1.807) is 0 Å².